The van der Waals surface area contributed by atoms with Crippen LogP contribution in [0.1, 0.15) is 57.8 Å². The SMILES string of the molecule is NC(CC1(C2CCCC2)CCCC1)C(=O)O. The van der Waals surface area contributed by atoms with Gasteiger partial charge in [0.2, 0.25) is 0 Å². The van der Waals surface area contributed by atoms with Crippen LogP contribution in [0.15, 0.2) is 0 Å². The molecule has 3 N–H and O–H groups in total. The van der Waals surface area contributed by atoms with Gasteiger partial charge >= 0.3 is 5.97 Å². The fourth-order valence-corrected chi connectivity index (χ4v) is 3.92. The number of aliphatic carboxylic acids is 1. The number of carboxylic acid groups (broad SMARTS) is 1. The summed E-state index contributed by atoms with van der Waals surface area (Å²) in [4.78, 5) is 10.9. The Morgan fingerprint density at radius 1 is 1.25 bits per heavy atom. The minimum absolute atomic E-state index is 0.272. The Labute approximate surface area is 97.4 Å². The van der Waals surface area contributed by atoms with E-state index >= 15 is 0 Å². The molecular formula is C13H23NO2. The zero-order chi connectivity index (χ0) is 11.6. The molecule has 0 radical (unpaired) electrons. The van der Waals surface area contributed by atoms with Gasteiger partial charge in [-0.15, -0.1) is 0 Å². The van der Waals surface area contributed by atoms with Crippen molar-refractivity contribution < 1.29 is 9.90 Å². The third-order valence-corrected chi connectivity index (χ3v) is 4.76. The summed E-state index contributed by atoms with van der Waals surface area (Å²) >= 11 is 0. The van der Waals surface area contributed by atoms with Crippen molar-refractivity contribution >= 4 is 5.97 Å². The van der Waals surface area contributed by atoms with Crippen LogP contribution in [0, 0.1) is 11.3 Å². The average molecular weight is 225 g/mol. The molecule has 2 aliphatic carbocycles. The average Bonchev–Trinajstić information content (AvgIpc) is 2.87. The van der Waals surface area contributed by atoms with Crippen LogP contribution < -0.4 is 5.73 Å². The molecule has 0 aromatic heterocycles. The highest BCUT2D eigenvalue weighted by Gasteiger charge is 2.43. The Balaban J connectivity index is 2.05. The normalized spacial score (nSPS) is 27.1. The maximum absolute atomic E-state index is 10.9. The first-order chi connectivity index (χ1) is 7.64. The molecule has 2 aliphatic rings. The first-order valence-electron chi connectivity index (χ1n) is 6.62. The molecular weight excluding hydrogens is 202 g/mol. The van der Waals surface area contributed by atoms with Crippen molar-refractivity contribution in [1.29, 1.82) is 0 Å². The summed E-state index contributed by atoms with van der Waals surface area (Å²) in [6, 6.07) is -0.654. The molecule has 2 saturated carbocycles. The van der Waals surface area contributed by atoms with Crippen LogP contribution >= 0.6 is 0 Å². The van der Waals surface area contributed by atoms with Crippen LogP contribution in [0.5, 0.6) is 0 Å². The Morgan fingerprint density at radius 2 is 1.81 bits per heavy atom. The molecule has 3 heteroatoms. The van der Waals surface area contributed by atoms with Crippen LogP contribution in [0.2, 0.25) is 0 Å². The quantitative estimate of drug-likeness (QED) is 0.772. The van der Waals surface area contributed by atoms with E-state index in [2.05, 4.69) is 0 Å². The second-order valence-corrected chi connectivity index (χ2v) is 5.70. The van der Waals surface area contributed by atoms with E-state index in [1.807, 2.05) is 0 Å². The van der Waals surface area contributed by atoms with Gasteiger partial charge in [-0.05, 0) is 43.4 Å². The highest BCUT2D eigenvalue weighted by molar-refractivity contribution is 5.73. The smallest absolute Gasteiger partial charge is 0.320 e. The molecule has 3 nitrogen and oxygen atoms in total. The van der Waals surface area contributed by atoms with Crippen molar-refractivity contribution in [1.82, 2.24) is 0 Å². The van der Waals surface area contributed by atoms with Gasteiger partial charge in [-0.1, -0.05) is 25.7 Å². The van der Waals surface area contributed by atoms with E-state index in [1.54, 1.807) is 0 Å². The standard InChI is InChI=1S/C13H23NO2/c14-11(12(15)16)9-13(7-3-4-8-13)10-5-1-2-6-10/h10-11H,1-9,14H2,(H,15,16). The summed E-state index contributed by atoms with van der Waals surface area (Å²) in [6.45, 7) is 0. The molecule has 1 atom stereocenters. The summed E-state index contributed by atoms with van der Waals surface area (Å²) in [5.41, 5.74) is 6.02. The second-order valence-electron chi connectivity index (χ2n) is 5.70. The van der Waals surface area contributed by atoms with Gasteiger partial charge < -0.3 is 10.8 Å². The highest BCUT2D eigenvalue weighted by Crippen LogP contribution is 2.53. The van der Waals surface area contributed by atoms with Gasteiger partial charge in [0, 0.05) is 0 Å². The lowest BCUT2D eigenvalue weighted by atomic mass is 9.69. The van der Waals surface area contributed by atoms with Crippen molar-refractivity contribution in [3.05, 3.63) is 0 Å². The Morgan fingerprint density at radius 3 is 2.31 bits per heavy atom. The van der Waals surface area contributed by atoms with Crippen molar-refractivity contribution in [3.63, 3.8) is 0 Å². The lowest BCUT2D eigenvalue weighted by molar-refractivity contribution is -0.139. The number of rotatable bonds is 4. The summed E-state index contributed by atoms with van der Waals surface area (Å²) in [5, 5.41) is 8.97. The summed E-state index contributed by atoms with van der Waals surface area (Å²) in [7, 11) is 0. The molecule has 0 spiro atoms. The Hall–Kier alpha value is -0.570. The zero-order valence-corrected chi connectivity index (χ0v) is 9.95. The lowest BCUT2D eigenvalue weighted by Gasteiger charge is -2.36. The fraction of sp³-hybridized carbons (Fsp3) is 0.923. The first kappa shape index (κ1) is 11.9. The molecule has 0 aromatic rings. The van der Waals surface area contributed by atoms with Crippen LogP contribution in [-0.2, 0) is 4.79 Å². The molecule has 0 heterocycles. The fourth-order valence-electron chi connectivity index (χ4n) is 3.92. The third-order valence-electron chi connectivity index (χ3n) is 4.76. The van der Waals surface area contributed by atoms with Gasteiger partial charge in [0.15, 0.2) is 0 Å². The van der Waals surface area contributed by atoms with E-state index in [9.17, 15) is 4.79 Å². The van der Waals surface area contributed by atoms with E-state index in [-0.39, 0.29) is 5.41 Å². The summed E-state index contributed by atoms with van der Waals surface area (Å²) in [6.07, 6.45) is 10.9. The zero-order valence-electron chi connectivity index (χ0n) is 9.95. The molecule has 1 unspecified atom stereocenters. The predicted molar refractivity (Wildman–Crippen MR) is 63.1 cm³/mol. The van der Waals surface area contributed by atoms with Gasteiger partial charge in [0.25, 0.3) is 0 Å². The summed E-state index contributed by atoms with van der Waals surface area (Å²) < 4.78 is 0. The molecule has 0 aliphatic heterocycles. The van der Waals surface area contributed by atoms with E-state index < -0.39 is 12.0 Å². The van der Waals surface area contributed by atoms with Crippen LogP contribution in [0.3, 0.4) is 0 Å². The predicted octanol–water partition coefficient (Wildman–Crippen LogP) is 2.54. The third kappa shape index (κ3) is 2.24. The molecule has 0 amide bonds. The van der Waals surface area contributed by atoms with Crippen molar-refractivity contribution in [2.75, 3.05) is 0 Å². The molecule has 0 saturated heterocycles. The summed E-state index contributed by atoms with van der Waals surface area (Å²) in [5.74, 6) is -0.0790. The highest BCUT2D eigenvalue weighted by atomic mass is 16.4. The Bertz CT molecular complexity index is 253. The van der Waals surface area contributed by atoms with E-state index in [0.717, 1.165) is 5.92 Å². The number of carbonyl (C=O) groups is 1. The van der Waals surface area contributed by atoms with Crippen molar-refractivity contribution in [2.45, 2.75) is 63.8 Å². The van der Waals surface area contributed by atoms with Gasteiger partial charge in [-0.25, -0.2) is 0 Å². The van der Waals surface area contributed by atoms with E-state index in [0.29, 0.717) is 6.42 Å². The second kappa shape index (κ2) is 4.74. The molecule has 0 bridgehead atoms. The molecule has 2 rings (SSSR count). The Kier molecular flexibility index (Phi) is 3.53. The van der Waals surface area contributed by atoms with Gasteiger partial charge in [-0.2, -0.15) is 0 Å². The van der Waals surface area contributed by atoms with E-state index in [1.165, 1.54) is 51.4 Å². The minimum Gasteiger partial charge on any atom is -0.480 e. The van der Waals surface area contributed by atoms with Gasteiger partial charge in [-0.3, -0.25) is 4.79 Å². The van der Waals surface area contributed by atoms with E-state index in [4.69, 9.17) is 10.8 Å². The van der Waals surface area contributed by atoms with Crippen LogP contribution in [0.25, 0.3) is 0 Å². The first-order valence-corrected chi connectivity index (χ1v) is 6.62. The van der Waals surface area contributed by atoms with Crippen LogP contribution in [-0.4, -0.2) is 17.1 Å². The number of carboxylic acids is 1. The van der Waals surface area contributed by atoms with Crippen LogP contribution in [0.4, 0.5) is 0 Å². The maximum Gasteiger partial charge on any atom is 0.320 e. The number of nitrogens with two attached hydrogens (primary N) is 1. The van der Waals surface area contributed by atoms with Crippen molar-refractivity contribution in [2.24, 2.45) is 17.1 Å². The monoisotopic (exact) mass is 225 g/mol. The lowest BCUT2D eigenvalue weighted by Crippen LogP contribution is -2.39. The molecule has 0 aromatic carbocycles. The van der Waals surface area contributed by atoms with Gasteiger partial charge in [0.1, 0.15) is 6.04 Å². The number of hydrogen-bond donors (Lipinski definition) is 2. The van der Waals surface area contributed by atoms with Gasteiger partial charge in [0.05, 0.1) is 0 Å². The molecule has 2 fully saturated rings. The van der Waals surface area contributed by atoms with Crippen molar-refractivity contribution in [3.8, 4) is 0 Å². The molecule has 16 heavy (non-hydrogen) atoms. The minimum atomic E-state index is -0.829. The largest absolute Gasteiger partial charge is 0.480 e. The number of hydrogen-bond acceptors (Lipinski definition) is 2. The topological polar surface area (TPSA) is 63.3 Å². The molecule has 92 valence electrons. The maximum atomic E-state index is 10.9.